The molecular weight excluding hydrogens is 353 g/mol. The maximum absolute atomic E-state index is 13.3. The molecule has 0 aliphatic carbocycles. The van der Waals surface area contributed by atoms with Gasteiger partial charge in [0, 0.05) is 54.0 Å². The molecule has 1 aliphatic heterocycles. The van der Waals surface area contributed by atoms with Gasteiger partial charge in [0.1, 0.15) is 5.82 Å². The zero-order chi connectivity index (χ0) is 19.8. The van der Waals surface area contributed by atoms with Crippen molar-refractivity contribution in [2.45, 2.75) is 26.8 Å². The standard InChI is InChI=1S/C23H26FN3O/c1-15-4-9-20-21(14-15)25-16(2)22(20)23(28)17(3)26-10-12-27(13-11-26)19-7-5-18(24)6-8-19/h4-9,14,17,25H,10-13H2,1-3H3/t17-/m1/s1. The number of carbonyl (C=O) groups excluding carboxylic acids is 1. The highest BCUT2D eigenvalue weighted by atomic mass is 19.1. The Morgan fingerprint density at radius 2 is 1.71 bits per heavy atom. The van der Waals surface area contributed by atoms with Gasteiger partial charge in [0.2, 0.25) is 0 Å². The van der Waals surface area contributed by atoms with Crippen LogP contribution in [-0.4, -0.2) is 47.9 Å². The molecule has 1 atom stereocenters. The van der Waals surface area contributed by atoms with E-state index in [1.807, 2.05) is 32.0 Å². The molecule has 1 N–H and O–H groups in total. The van der Waals surface area contributed by atoms with E-state index >= 15 is 0 Å². The van der Waals surface area contributed by atoms with E-state index in [-0.39, 0.29) is 17.6 Å². The summed E-state index contributed by atoms with van der Waals surface area (Å²) in [7, 11) is 0. The maximum atomic E-state index is 13.3. The fraction of sp³-hybridized carbons (Fsp3) is 0.348. The number of benzene rings is 2. The third kappa shape index (κ3) is 3.42. The molecule has 0 amide bonds. The number of aryl methyl sites for hydroxylation is 2. The number of fused-ring (bicyclic) bond motifs is 1. The lowest BCUT2D eigenvalue weighted by atomic mass is 9.99. The van der Waals surface area contributed by atoms with Crippen LogP contribution >= 0.6 is 0 Å². The Morgan fingerprint density at radius 3 is 2.39 bits per heavy atom. The van der Waals surface area contributed by atoms with Crippen molar-refractivity contribution >= 4 is 22.4 Å². The van der Waals surface area contributed by atoms with E-state index in [0.717, 1.165) is 54.0 Å². The lowest BCUT2D eigenvalue weighted by molar-refractivity contribution is 0.0831. The van der Waals surface area contributed by atoms with Gasteiger partial charge in [0.25, 0.3) is 0 Å². The molecule has 2 heterocycles. The van der Waals surface area contributed by atoms with Crippen molar-refractivity contribution in [1.29, 1.82) is 0 Å². The number of ketones is 1. The summed E-state index contributed by atoms with van der Waals surface area (Å²) in [5.74, 6) is -0.0475. The quantitative estimate of drug-likeness (QED) is 0.687. The van der Waals surface area contributed by atoms with Crippen LogP contribution < -0.4 is 4.90 Å². The number of nitrogens with zero attached hydrogens (tertiary/aromatic N) is 2. The highest BCUT2D eigenvalue weighted by Gasteiger charge is 2.28. The number of nitrogens with one attached hydrogen (secondary N) is 1. The van der Waals surface area contributed by atoms with E-state index in [9.17, 15) is 9.18 Å². The monoisotopic (exact) mass is 379 g/mol. The molecule has 3 aromatic rings. The Kier molecular flexibility index (Phi) is 4.94. The number of halogens is 1. The number of aromatic amines is 1. The molecule has 0 unspecified atom stereocenters. The molecule has 0 radical (unpaired) electrons. The Bertz CT molecular complexity index is 1000. The predicted octanol–water partition coefficient (Wildman–Crippen LogP) is 4.32. The zero-order valence-corrected chi connectivity index (χ0v) is 16.6. The molecule has 1 aromatic heterocycles. The van der Waals surface area contributed by atoms with Crippen molar-refractivity contribution < 1.29 is 9.18 Å². The number of anilines is 1. The minimum atomic E-state index is -0.217. The van der Waals surface area contributed by atoms with E-state index in [1.165, 1.54) is 17.7 Å². The molecule has 1 aliphatic rings. The van der Waals surface area contributed by atoms with Crippen LogP contribution in [0.1, 0.15) is 28.5 Å². The second-order valence-corrected chi connectivity index (χ2v) is 7.71. The molecule has 28 heavy (non-hydrogen) atoms. The van der Waals surface area contributed by atoms with Crippen LogP contribution in [0.25, 0.3) is 10.9 Å². The number of rotatable bonds is 4. The van der Waals surface area contributed by atoms with Crippen molar-refractivity contribution in [2.75, 3.05) is 31.1 Å². The summed E-state index contributed by atoms with van der Waals surface area (Å²) in [4.78, 5) is 21.1. The molecule has 4 rings (SSSR count). The summed E-state index contributed by atoms with van der Waals surface area (Å²) in [6.07, 6.45) is 0. The third-order valence-electron chi connectivity index (χ3n) is 5.82. The first-order valence-corrected chi connectivity index (χ1v) is 9.82. The van der Waals surface area contributed by atoms with Gasteiger partial charge >= 0.3 is 0 Å². The number of hydrogen-bond donors (Lipinski definition) is 1. The van der Waals surface area contributed by atoms with Crippen LogP contribution in [0, 0.1) is 19.7 Å². The van der Waals surface area contributed by atoms with Crippen molar-refractivity contribution in [3.63, 3.8) is 0 Å². The molecule has 0 saturated carbocycles. The van der Waals surface area contributed by atoms with Gasteiger partial charge in [-0.15, -0.1) is 0 Å². The van der Waals surface area contributed by atoms with Crippen LogP contribution in [0.3, 0.4) is 0 Å². The molecular formula is C23H26FN3O. The van der Waals surface area contributed by atoms with Crippen molar-refractivity contribution in [3.8, 4) is 0 Å². The molecule has 5 heteroatoms. The van der Waals surface area contributed by atoms with Gasteiger partial charge in [-0.2, -0.15) is 0 Å². The lowest BCUT2D eigenvalue weighted by Crippen LogP contribution is -2.51. The van der Waals surface area contributed by atoms with Crippen molar-refractivity contribution in [3.05, 3.63) is 65.1 Å². The first-order valence-electron chi connectivity index (χ1n) is 9.82. The summed E-state index contributed by atoms with van der Waals surface area (Å²) in [5.41, 5.74) is 4.97. The average Bonchev–Trinajstić information content (AvgIpc) is 3.02. The Labute approximate surface area is 165 Å². The number of Topliss-reactive ketones (excluding diaryl/α,β-unsaturated/α-hetero) is 1. The molecule has 2 aromatic carbocycles. The van der Waals surface area contributed by atoms with E-state index in [4.69, 9.17) is 0 Å². The summed E-state index contributed by atoms with van der Waals surface area (Å²) >= 11 is 0. The fourth-order valence-corrected chi connectivity index (χ4v) is 4.16. The number of carbonyl (C=O) groups is 1. The van der Waals surface area contributed by atoms with Crippen LogP contribution in [0.4, 0.5) is 10.1 Å². The van der Waals surface area contributed by atoms with Gasteiger partial charge in [0.15, 0.2) is 5.78 Å². The minimum Gasteiger partial charge on any atom is -0.369 e. The van der Waals surface area contributed by atoms with Gasteiger partial charge in [0.05, 0.1) is 6.04 Å². The van der Waals surface area contributed by atoms with Gasteiger partial charge < -0.3 is 9.88 Å². The largest absolute Gasteiger partial charge is 0.369 e. The molecule has 0 bridgehead atoms. The number of hydrogen-bond acceptors (Lipinski definition) is 3. The van der Waals surface area contributed by atoms with Gasteiger partial charge in [-0.25, -0.2) is 4.39 Å². The van der Waals surface area contributed by atoms with Crippen LogP contribution in [0.2, 0.25) is 0 Å². The van der Waals surface area contributed by atoms with E-state index in [1.54, 1.807) is 0 Å². The number of piperazine rings is 1. The highest BCUT2D eigenvalue weighted by Crippen LogP contribution is 2.26. The Morgan fingerprint density at radius 1 is 1.04 bits per heavy atom. The SMILES string of the molecule is Cc1ccc2c(C(=O)[C@@H](C)N3CCN(c4ccc(F)cc4)CC3)c(C)[nH]c2c1. The van der Waals surface area contributed by atoms with Gasteiger partial charge in [-0.1, -0.05) is 12.1 Å². The van der Waals surface area contributed by atoms with Crippen LogP contribution in [0.5, 0.6) is 0 Å². The minimum absolute atomic E-state index is 0.169. The summed E-state index contributed by atoms with van der Waals surface area (Å²) < 4.78 is 13.1. The smallest absolute Gasteiger partial charge is 0.182 e. The van der Waals surface area contributed by atoms with E-state index < -0.39 is 0 Å². The second-order valence-electron chi connectivity index (χ2n) is 7.71. The number of aromatic nitrogens is 1. The first-order chi connectivity index (χ1) is 13.4. The molecule has 4 nitrogen and oxygen atoms in total. The maximum Gasteiger partial charge on any atom is 0.182 e. The highest BCUT2D eigenvalue weighted by molar-refractivity contribution is 6.11. The second kappa shape index (κ2) is 7.40. The van der Waals surface area contributed by atoms with Gasteiger partial charge in [-0.3, -0.25) is 9.69 Å². The van der Waals surface area contributed by atoms with Crippen LogP contribution in [-0.2, 0) is 0 Å². The van der Waals surface area contributed by atoms with Gasteiger partial charge in [-0.05, 0) is 56.7 Å². The summed E-state index contributed by atoms with van der Waals surface area (Å²) in [6.45, 7) is 9.31. The van der Waals surface area contributed by atoms with Crippen molar-refractivity contribution in [1.82, 2.24) is 9.88 Å². The topological polar surface area (TPSA) is 39.3 Å². The molecule has 146 valence electrons. The number of H-pyrrole nitrogens is 1. The molecule has 1 saturated heterocycles. The Hall–Kier alpha value is -2.66. The van der Waals surface area contributed by atoms with E-state index in [2.05, 4.69) is 33.8 Å². The summed E-state index contributed by atoms with van der Waals surface area (Å²) in [5, 5.41) is 1.00. The third-order valence-corrected chi connectivity index (χ3v) is 5.82. The normalized spacial score (nSPS) is 16.5. The predicted molar refractivity (Wildman–Crippen MR) is 112 cm³/mol. The zero-order valence-electron chi connectivity index (χ0n) is 16.6. The first kappa shape index (κ1) is 18.7. The summed E-state index contributed by atoms with van der Waals surface area (Å²) in [6, 6.07) is 12.6. The average molecular weight is 379 g/mol. The molecule has 0 spiro atoms. The lowest BCUT2D eigenvalue weighted by Gasteiger charge is -2.38. The van der Waals surface area contributed by atoms with Crippen LogP contribution in [0.15, 0.2) is 42.5 Å². The van der Waals surface area contributed by atoms with Crippen molar-refractivity contribution in [2.24, 2.45) is 0 Å². The fourth-order valence-electron chi connectivity index (χ4n) is 4.16. The Balaban J connectivity index is 1.48. The van der Waals surface area contributed by atoms with E-state index in [0.29, 0.717) is 0 Å². The molecule has 1 fully saturated rings.